The van der Waals surface area contributed by atoms with E-state index >= 15 is 0 Å². The van der Waals surface area contributed by atoms with Gasteiger partial charge in [0.15, 0.2) is 5.69 Å². The highest BCUT2D eigenvalue weighted by molar-refractivity contribution is 9.10. The third kappa shape index (κ3) is 2.23. The van der Waals surface area contributed by atoms with Gasteiger partial charge in [-0.3, -0.25) is 0 Å². The number of aromatic carboxylic acids is 1. The highest BCUT2D eigenvalue weighted by Crippen LogP contribution is 2.53. The van der Waals surface area contributed by atoms with Crippen LogP contribution in [0.1, 0.15) is 53.5 Å². The molecule has 0 unspecified atom stereocenters. The zero-order chi connectivity index (χ0) is 17.3. The molecule has 5 nitrogen and oxygen atoms in total. The number of aromatic nitrogens is 2. The van der Waals surface area contributed by atoms with E-state index in [-0.39, 0.29) is 11.1 Å². The second kappa shape index (κ2) is 5.17. The van der Waals surface area contributed by atoms with Crippen LogP contribution in [0.2, 0.25) is 0 Å². The molecule has 1 aliphatic carbocycles. The third-order valence-corrected chi connectivity index (χ3v) is 6.38. The van der Waals surface area contributed by atoms with E-state index < -0.39 is 5.97 Å². The monoisotopic (exact) mass is 402 g/mol. The van der Waals surface area contributed by atoms with Crippen LogP contribution in [0.5, 0.6) is 0 Å². The molecule has 0 radical (unpaired) electrons. The van der Waals surface area contributed by atoms with Gasteiger partial charge >= 0.3 is 5.97 Å². The van der Waals surface area contributed by atoms with Gasteiger partial charge in [-0.05, 0) is 42.9 Å². The molecule has 0 amide bonds. The fourth-order valence-electron chi connectivity index (χ4n) is 4.48. The van der Waals surface area contributed by atoms with Crippen molar-refractivity contribution in [3.63, 3.8) is 0 Å². The van der Waals surface area contributed by atoms with Gasteiger partial charge in [-0.25, -0.2) is 9.78 Å². The van der Waals surface area contributed by atoms with Crippen LogP contribution in [0.25, 0.3) is 11.4 Å². The molecule has 2 fully saturated rings. The second-order valence-electron chi connectivity index (χ2n) is 7.94. The molecule has 0 atom stereocenters. The van der Waals surface area contributed by atoms with Crippen molar-refractivity contribution < 1.29 is 14.6 Å². The molecule has 2 aromatic rings. The number of hydrogen-bond acceptors (Lipinski definition) is 3. The molecule has 1 saturated heterocycles. The average Bonchev–Trinajstić information content (AvgIpc) is 2.72. The van der Waals surface area contributed by atoms with Crippen molar-refractivity contribution in [1.82, 2.24) is 9.55 Å². The Bertz CT molecular complexity index is 894. The highest BCUT2D eigenvalue weighted by Gasteiger charge is 2.43. The van der Waals surface area contributed by atoms with Crippen LogP contribution in [0.3, 0.4) is 0 Å². The van der Waals surface area contributed by atoms with Gasteiger partial charge in [0.1, 0.15) is 5.82 Å². The lowest BCUT2D eigenvalue weighted by molar-refractivity contribution is -0.101. The summed E-state index contributed by atoms with van der Waals surface area (Å²) in [5, 5.41) is 9.76. The van der Waals surface area contributed by atoms with E-state index in [2.05, 4.69) is 50.6 Å². The summed E-state index contributed by atoms with van der Waals surface area (Å²) in [5.41, 5.74) is 3.45. The molecule has 1 saturated carbocycles. The molecule has 3 aliphatic heterocycles. The SMILES string of the molecule is CC1(Cc2c(C(=O)O)nc3n2C2CC(C2)c2ccc(Br)cc2-3)COC1. The summed E-state index contributed by atoms with van der Waals surface area (Å²) >= 11 is 3.55. The zero-order valence-electron chi connectivity index (χ0n) is 14.0. The largest absolute Gasteiger partial charge is 0.476 e. The van der Waals surface area contributed by atoms with Crippen LogP contribution in [0.15, 0.2) is 22.7 Å². The Morgan fingerprint density at radius 2 is 2.20 bits per heavy atom. The number of carboxylic acids is 1. The van der Waals surface area contributed by atoms with E-state index in [4.69, 9.17) is 4.74 Å². The maximum atomic E-state index is 11.9. The lowest BCUT2D eigenvalue weighted by atomic mass is 9.75. The van der Waals surface area contributed by atoms with Crippen LogP contribution in [0.4, 0.5) is 0 Å². The quantitative estimate of drug-likeness (QED) is 0.841. The zero-order valence-corrected chi connectivity index (χ0v) is 15.5. The first-order valence-corrected chi connectivity index (χ1v) is 9.46. The van der Waals surface area contributed by atoms with Gasteiger partial charge in [-0.15, -0.1) is 0 Å². The first-order valence-electron chi connectivity index (χ1n) is 8.67. The lowest BCUT2D eigenvalue weighted by Gasteiger charge is -2.40. The van der Waals surface area contributed by atoms with E-state index in [1.165, 1.54) is 5.56 Å². The fourth-order valence-corrected chi connectivity index (χ4v) is 4.84. The van der Waals surface area contributed by atoms with E-state index in [0.29, 0.717) is 31.6 Å². The van der Waals surface area contributed by atoms with Gasteiger partial charge in [0.2, 0.25) is 0 Å². The minimum Gasteiger partial charge on any atom is -0.476 e. The molecule has 4 aliphatic rings. The highest BCUT2D eigenvalue weighted by atomic mass is 79.9. The van der Waals surface area contributed by atoms with Gasteiger partial charge < -0.3 is 14.4 Å². The fraction of sp³-hybridized carbons (Fsp3) is 0.474. The van der Waals surface area contributed by atoms with E-state index in [1.54, 1.807) is 0 Å². The number of carboxylic acid groups (broad SMARTS) is 1. The van der Waals surface area contributed by atoms with Gasteiger partial charge in [0.25, 0.3) is 0 Å². The van der Waals surface area contributed by atoms with Gasteiger partial charge in [0, 0.05) is 21.5 Å². The molecule has 130 valence electrons. The van der Waals surface area contributed by atoms with Crippen LogP contribution >= 0.6 is 15.9 Å². The number of nitrogens with zero attached hydrogens (tertiary/aromatic N) is 2. The van der Waals surface area contributed by atoms with Crippen molar-refractivity contribution in [2.45, 2.75) is 38.1 Å². The Morgan fingerprint density at radius 3 is 2.84 bits per heavy atom. The minimum atomic E-state index is -0.938. The minimum absolute atomic E-state index is 0.0105. The molecular formula is C19H19BrN2O3. The van der Waals surface area contributed by atoms with Crippen molar-refractivity contribution in [1.29, 1.82) is 0 Å². The molecular weight excluding hydrogens is 384 g/mol. The molecule has 1 aromatic heterocycles. The number of halogens is 1. The Morgan fingerprint density at radius 1 is 1.44 bits per heavy atom. The van der Waals surface area contributed by atoms with E-state index in [1.807, 2.05) is 0 Å². The Labute approximate surface area is 154 Å². The van der Waals surface area contributed by atoms with Crippen LogP contribution < -0.4 is 0 Å². The number of carbonyl (C=O) groups is 1. The van der Waals surface area contributed by atoms with E-state index in [0.717, 1.165) is 34.4 Å². The maximum absolute atomic E-state index is 11.9. The number of hydrogen-bond donors (Lipinski definition) is 1. The molecule has 0 spiro atoms. The average molecular weight is 403 g/mol. The predicted molar refractivity (Wildman–Crippen MR) is 96.0 cm³/mol. The molecule has 2 bridgehead atoms. The number of benzene rings is 1. The lowest BCUT2D eigenvalue weighted by Crippen LogP contribution is -2.42. The standard InChI is InChI=1S/C19H19BrN2O3/c1-19(8-25-9-19)7-15-16(18(23)24)21-17-14-6-11(20)2-3-13(14)10-4-12(5-10)22(15)17/h2-3,6,10,12H,4-5,7-9H2,1H3,(H,23,24). The van der Waals surface area contributed by atoms with Crippen molar-refractivity contribution in [2.75, 3.05) is 13.2 Å². The van der Waals surface area contributed by atoms with Crippen molar-refractivity contribution >= 4 is 21.9 Å². The summed E-state index contributed by atoms with van der Waals surface area (Å²) in [6, 6.07) is 6.66. The Balaban J connectivity index is 1.73. The van der Waals surface area contributed by atoms with Crippen molar-refractivity contribution in [3.05, 3.63) is 39.6 Å². The predicted octanol–water partition coefficient (Wildman–Crippen LogP) is 4.02. The second-order valence-corrected chi connectivity index (χ2v) is 8.86. The van der Waals surface area contributed by atoms with E-state index in [9.17, 15) is 9.90 Å². The van der Waals surface area contributed by atoms with Crippen molar-refractivity contribution in [2.24, 2.45) is 5.41 Å². The van der Waals surface area contributed by atoms with Crippen LogP contribution in [-0.2, 0) is 11.2 Å². The first kappa shape index (κ1) is 15.6. The Hall–Kier alpha value is -1.66. The molecule has 4 heterocycles. The topological polar surface area (TPSA) is 64.3 Å². The van der Waals surface area contributed by atoms with Crippen molar-refractivity contribution in [3.8, 4) is 11.4 Å². The van der Waals surface area contributed by atoms with Gasteiger partial charge in [-0.1, -0.05) is 28.9 Å². The first-order chi connectivity index (χ1) is 12.0. The van der Waals surface area contributed by atoms with Crippen LogP contribution in [0, 0.1) is 5.41 Å². The van der Waals surface area contributed by atoms with Gasteiger partial charge in [0.05, 0.1) is 18.9 Å². The van der Waals surface area contributed by atoms with Crippen LogP contribution in [-0.4, -0.2) is 33.8 Å². The summed E-state index contributed by atoms with van der Waals surface area (Å²) in [7, 11) is 0. The Kier molecular flexibility index (Phi) is 3.23. The summed E-state index contributed by atoms with van der Waals surface area (Å²) in [6.45, 7) is 3.52. The number of ether oxygens (including phenoxy) is 1. The molecule has 1 N–H and O–H groups in total. The normalized spacial score (nSPS) is 25.2. The van der Waals surface area contributed by atoms with Gasteiger partial charge in [-0.2, -0.15) is 0 Å². The maximum Gasteiger partial charge on any atom is 0.356 e. The third-order valence-electron chi connectivity index (χ3n) is 5.88. The number of imidazole rings is 1. The summed E-state index contributed by atoms with van der Waals surface area (Å²) in [4.78, 5) is 16.5. The summed E-state index contributed by atoms with van der Waals surface area (Å²) in [6.07, 6.45) is 2.83. The molecule has 6 rings (SSSR count). The molecule has 6 heteroatoms. The molecule has 25 heavy (non-hydrogen) atoms. The summed E-state index contributed by atoms with van der Waals surface area (Å²) in [5.74, 6) is 0.433. The molecule has 1 aromatic carbocycles. The summed E-state index contributed by atoms with van der Waals surface area (Å²) < 4.78 is 8.60. The number of rotatable bonds is 3. The smallest absolute Gasteiger partial charge is 0.356 e.